The molecule has 1 aliphatic rings. The van der Waals surface area contributed by atoms with E-state index in [4.69, 9.17) is 0 Å². The largest absolute Gasteiger partial charge is 0.465 e. The van der Waals surface area contributed by atoms with Crippen LogP contribution in [0.5, 0.6) is 0 Å². The van der Waals surface area contributed by atoms with E-state index in [1.165, 1.54) is 16.0 Å². The molecule has 1 heterocycles. The Balaban J connectivity index is 1.83. The van der Waals surface area contributed by atoms with Gasteiger partial charge >= 0.3 is 6.09 Å². The first-order chi connectivity index (χ1) is 9.88. The van der Waals surface area contributed by atoms with Crippen LogP contribution < -0.4 is 0 Å². The Morgan fingerprint density at radius 2 is 1.95 bits per heavy atom. The van der Waals surface area contributed by atoms with Crippen molar-refractivity contribution in [3.05, 3.63) is 35.4 Å². The molecule has 2 rings (SSSR count). The van der Waals surface area contributed by atoms with E-state index in [0.29, 0.717) is 6.54 Å². The van der Waals surface area contributed by atoms with E-state index in [2.05, 4.69) is 29.2 Å². The first kappa shape index (κ1) is 15.8. The molecule has 1 aromatic carbocycles. The Morgan fingerprint density at radius 3 is 2.57 bits per heavy atom. The summed E-state index contributed by atoms with van der Waals surface area (Å²) in [6.07, 6.45) is 1.15. The van der Waals surface area contributed by atoms with Gasteiger partial charge in [0.2, 0.25) is 0 Å². The molecule has 0 unspecified atom stereocenters. The Labute approximate surface area is 127 Å². The van der Waals surface area contributed by atoms with E-state index in [1.807, 2.05) is 20.8 Å². The second-order valence-corrected chi connectivity index (χ2v) is 6.75. The third kappa shape index (κ3) is 4.21. The van der Waals surface area contributed by atoms with Crippen LogP contribution in [0.3, 0.4) is 0 Å². The summed E-state index contributed by atoms with van der Waals surface area (Å²) in [6.45, 7) is 9.43. The molecule has 0 aliphatic carbocycles. The number of hydrogen-bond acceptors (Lipinski definition) is 2. The number of hydrogen-bond donors (Lipinski definition) is 1. The standard InChI is InChI=1S/C17H26N2O2/c1-17(2,3)19(16(20)21)11-6-10-18-12-9-14-7-4-5-8-15(14)13-18/h4-5,7-8H,6,9-13H2,1-3H3,(H,20,21). The maximum absolute atomic E-state index is 11.3. The molecule has 0 fully saturated rings. The zero-order valence-corrected chi connectivity index (χ0v) is 13.3. The molecular formula is C17H26N2O2. The predicted octanol–water partition coefficient (Wildman–Crippen LogP) is 3.21. The third-order valence-electron chi connectivity index (χ3n) is 4.11. The molecule has 116 valence electrons. The zero-order chi connectivity index (χ0) is 15.5. The van der Waals surface area contributed by atoms with Crippen molar-refractivity contribution in [2.24, 2.45) is 0 Å². The van der Waals surface area contributed by atoms with Gasteiger partial charge in [-0.05, 0) is 44.7 Å². The highest BCUT2D eigenvalue weighted by molar-refractivity contribution is 5.65. The molecular weight excluding hydrogens is 264 g/mol. The molecule has 0 spiro atoms. The molecule has 4 heteroatoms. The molecule has 0 atom stereocenters. The fraction of sp³-hybridized carbons (Fsp3) is 0.588. The average Bonchev–Trinajstić information content (AvgIpc) is 2.41. The van der Waals surface area contributed by atoms with Gasteiger partial charge < -0.3 is 10.0 Å². The van der Waals surface area contributed by atoms with Gasteiger partial charge in [-0.2, -0.15) is 0 Å². The van der Waals surface area contributed by atoms with Crippen LogP contribution in [0.25, 0.3) is 0 Å². The Morgan fingerprint density at radius 1 is 1.29 bits per heavy atom. The molecule has 1 amide bonds. The Kier molecular flexibility index (Phi) is 4.88. The number of benzene rings is 1. The van der Waals surface area contributed by atoms with Crippen molar-refractivity contribution >= 4 is 6.09 Å². The molecule has 0 saturated heterocycles. The third-order valence-corrected chi connectivity index (χ3v) is 4.11. The smallest absolute Gasteiger partial charge is 0.407 e. The molecule has 21 heavy (non-hydrogen) atoms. The predicted molar refractivity (Wildman–Crippen MR) is 84.5 cm³/mol. The highest BCUT2D eigenvalue weighted by Gasteiger charge is 2.25. The number of carbonyl (C=O) groups is 1. The van der Waals surface area contributed by atoms with Gasteiger partial charge in [0.15, 0.2) is 0 Å². The van der Waals surface area contributed by atoms with Crippen molar-refractivity contribution < 1.29 is 9.90 Å². The van der Waals surface area contributed by atoms with Gasteiger partial charge in [-0.15, -0.1) is 0 Å². The molecule has 1 N–H and O–H groups in total. The molecule has 0 aromatic heterocycles. The fourth-order valence-electron chi connectivity index (χ4n) is 2.92. The summed E-state index contributed by atoms with van der Waals surface area (Å²) in [5.74, 6) is 0. The number of rotatable bonds is 4. The normalized spacial score (nSPS) is 15.6. The average molecular weight is 290 g/mol. The summed E-state index contributed by atoms with van der Waals surface area (Å²) in [5, 5.41) is 9.29. The zero-order valence-electron chi connectivity index (χ0n) is 13.3. The van der Waals surface area contributed by atoms with Crippen LogP contribution in [0, 0.1) is 0 Å². The van der Waals surface area contributed by atoms with E-state index in [9.17, 15) is 9.90 Å². The van der Waals surface area contributed by atoms with Gasteiger partial charge in [-0.3, -0.25) is 4.90 Å². The number of fused-ring (bicyclic) bond motifs is 1. The Hall–Kier alpha value is -1.55. The number of carboxylic acid groups (broad SMARTS) is 1. The first-order valence-electron chi connectivity index (χ1n) is 7.67. The second-order valence-electron chi connectivity index (χ2n) is 6.75. The van der Waals surface area contributed by atoms with Crippen molar-refractivity contribution in [1.29, 1.82) is 0 Å². The first-order valence-corrected chi connectivity index (χ1v) is 7.67. The van der Waals surface area contributed by atoms with Crippen LogP contribution in [-0.4, -0.2) is 46.2 Å². The van der Waals surface area contributed by atoms with Crippen molar-refractivity contribution in [1.82, 2.24) is 9.80 Å². The molecule has 4 nitrogen and oxygen atoms in total. The maximum atomic E-state index is 11.3. The highest BCUT2D eigenvalue weighted by atomic mass is 16.4. The van der Waals surface area contributed by atoms with E-state index < -0.39 is 6.09 Å². The summed E-state index contributed by atoms with van der Waals surface area (Å²) >= 11 is 0. The topological polar surface area (TPSA) is 43.8 Å². The van der Waals surface area contributed by atoms with Gasteiger partial charge in [0, 0.05) is 31.7 Å². The second kappa shape index (κ2) is 6.48. The van der Waals surface area contributed by atoms with E-state index in [-0.39, 0.29) is 5.54 Å². The quantitative estimate of drug-likeness (QED) is 0.926. The summed E-state index contributed by atoms with van der Waals surface area (Å²) in [7, 11) is 0. The lowest BCUT2D eigenvalue weighted by Crippen LogP contribution is -2.46. The summed E-state index contributed by atoms with van der Waals surface area (Å²) < 4.78 is 0. The minimum Gasteiger partial charge on any atom is -0.465 e. The van der Waals surface area contributed by atoms with Crippen molar-refractivity contribution in [2.45, 2.75) is 45.7 Å². The molecule has 0 radical (unpaired) electrons. The van der Waals surface area contributed by atoms with Crippen LogP contribution >= 0.6 is 0 Å². The number of amides is 1. The van der Waals surface area contributed by atoms with E-state index >= 15 is 0 Å². The van der Waals surface area contributed by atoms with Gasteiger partial charge in [-0.25, -0.2) is 4.79 Å². The summed E-state index contributed by atoms with van der Waals surface area (Å²) in [5.41, 5.74) is 2.53. The van der Waals surface area contributed by atoms with E-state index in [0.717, 1.165) is 32.5 Å². The fourth-order valence-corrected chi connectivity index (χ4v) is 2.92. The van der Waals surface area contributed by atoms with Crippen LogP contribution in [-0.2, 0) is 13.0 Å². The van der Waals surface area contributed by atoms with Crippen LogP contribution in [0.2, 0.25) is 0 Å². The molecule has 0 bridgehead atoms. The van der Waals surface area contributed by atoms with Crippen molar-refractivity contribution in [2.75, 3.05) is 19.6 Å². The van der Waals surface area contributed by atoms with Crippen LogP contribution in [0.4, 0.5) is 4.79 Å². The van der Waals surface area contributed by atoms with Gasteiger partial charge in [0.25, 0.3) is 0 Å². The highest BCUT2D eigenvalue weighted by Crippen LogP contribution is 2.19. The molecule has 1 aliphatic heterocycles. The summed E-state index contributed by atoms with van der Waals surface area (Å²) in [4.78, 5) is 15.3. The van der Waals surface area contributed by atoms with Gasteiger partial charge in [-0.1, -0.05) is 24.3 Å². The Bertz CT molecular complexity index is 494. The minimum absolute atomic E-state index is 0.333. The lowest BCUT2D eigenvalue weighted by Gasteiger charge is -2.34. The number of nitrogens with zero attached hydrogens (tertiary/aromatic N) is 2. The van der Waals surface area contributed by atoms with E-state index in [1.54, 1.807) is 0 Å². The molecule has 1 aromatic rings. The summed E-state index contributed by atoms with van der Waals surface area (Å²) in [6, 6.07) is 8.59. The lowest BCUT2D eigenvalue weighted by atomic mass is 10.00. The van der Waals surface area contributed by atoms with Crippen LogP contribution in [0.1, 0.15) is 38.3 Å². The minimum atomic E-state index is -0.827. The lowest BCUT2D eigenvalue weighted by molar-refractivity contribution is 0.0959. The van der Waals surface area contributed by atoms with Crippen LogP contribution in [0.15, 0.2) is 24.3 Å². The monoisotopic (exact) mass is 290 g/mol. The maximum Gasteiger partial charge on any atom is 0.407 e. The van der Waals surface area contributed by atoms with Crippen molar-refractivity contribution in [3.63, 3.8) is 0 Å². The van der Waals surface area contributed by atoms with Gasteiger partial charge in [0.05, 0.1) is 0 Å². The molecule has 0 saturated carbocycles. The van der Waals surface area contributed by atoms with Crippen molar-refractivity contribution in [3.8, 4) is 0 Å². The van der Waals surface area contributed by atoms with Gasteiger partial charge in [0.1, 0.15) is 0 Å². The SMILES string of the molecule is CC(C)(C)N(CCCN1CCc2ccccc2C1)C(=O)O.